The van der Waals surface area contributed by atoms with Crippen LogP contribution >= 0.6 is 0 Å². The predicted molar refractivity (Wildman–Crippen MR) is 160 cm³/mol. The molecule has 0 aliphatic carbocycles. The van der Waals surface area contributed by atoms with E-state index in [1.807, 2.05) is 24.3 Å². The van der Waals surface area contributed by atoms with Crippen molar-refractivity contribution >= 4 is 17.6 Å². The summed E-state index contributed by atoms with van der Waals surface area (Å²) in [5.41, 5.74) is 1.49. The second-order valence-electron chi connectivity index (χ2n) is 9.85. The van der Waals surface area contributed by atoms with Crippen LogP contribution in [0.3, 0.4) is 0 Å². The number of nitro groups is 1. The molecule has 222 valence electrons. The van der Waals surface area contributed by atoms with Crippen LogP contribution in [0.2, 0.25) is 0 Å². The maximum atomic E-state index is 12.7. The molecule has 3 aromatic rings. The Morgan fingerprint density at radius 3 is 1.95 bits per heavy atom. The number of carbonyl (C=O) groups excluding carboxylic acids is 1. The minimum Gasteiger partial charge on any atom is -0.494 e. The van der Waals surface area contributed by atoms with Gasteiger partial charge in [0.25, 0.3) is 0 Å². The van der Waals surface area contributed by atoms with Crippen LogP contribution in [0.1, 0.15) is 68.6 Å². The van der Waals surface area contributed by atoms with Gasteiger partial charge in [0.2, 0.25) is 5.75 Å². The first-order valence-corrected chi connectivity index (χ1v) is 14.2. The van der Waals surface area contributed by atoms with Crippen molar-refractivity contribution in [2.75, 3.05) is 13.2 Å². The highest BCUT2D eigenvalue weighted by Crippen LogP contribution is 2.33. The number of aliphatic carboxylic acids is 1. The number of carboxylic acid groups (broad SMARTS) is 1. The Balaban J connectivity index is 1.54. The Bertz CT molecular complexity index is 1350. The second kappa shape index (κ2) is 16.6. The van der Waals surface area contributed by atoms with Gasteiger partial charge < -0.3 is 19.3 Å². The van der Waals surface area contributed by atoms with Gasteiger partial charge >= 0.3 is 17.6 Å². The molecule has 0 bridgehead atoms. The van der Waals surface area contributed by atoms with Crippen molar-refractivity contribution in [1.82, 2.24) is 0 Å². The Kier molecular flexibility index (Phi) is 12.6. The van der Waals surface area contributed by atoms with E-state index in [9.17, 15) is 19.7 Å². The summed E-state index contributed by atoms with van der Waals surface area (Å²) in [6.45, 7) is 6.76. The Morgan fingerprint density at radius 1 is 0.810 bits per heavy atom. The average Bonchev–Trinajstić information content (AvgIpc) is 2.99. The fourth-order valence-corrected chi connectivity index (χ4v) is 4.15. The lowest BCUT2D eigenvalue weighted by molar-refractivity contribution is -0.385. The van der Waals surface area contributed by atoms with Crippen molar-refractivity contribution in [3.63, 3.8) is 0 Å². The van der Waals surface area contributed by atoms with Crippen LogP contribution in [0.25, 0.3) is 11.1 Å². The molecule has 3 rings (SSSR count). The molecule has 0 aliphatic heterocycles. The zero-order valence-corrected chi connectivity index (χ0v) is 23.9. The first kappa shape index (κ1) is 31.9. The monoisotopic (exact) mass is 575 g/mol. The molecule has 0 atom stereocenters. The maximum absolute atomic E-state index is 12.7. The van der Waals surface area contributed by atoms with Gasteiger partial charge in [-0.15, -0.1) is 0 Å². The first-order chi connectivity index (χ1) is 20.3. The molecule has 9 heteroatoms. The maximum Gasteiger partial charge on any atom is 0.343 e. The number of esters is 1. The summed E-state index contributed by atoms with van der Waals surface area (Å²) in [6.07, 6.45) is 7.18. The Morgan fingerprint density at radius 2 is 1.38 bits per heavy atom. The molecule has 0 unspecified atom stereocenters. The van der Waals surface area contributed by atoms with Crippen LogP contribution < -0.4 is 14.2 Å². The molecular weight excluding hydrogens is 538 g/mol. The average molecular weight is 576 g/mol. The van der Waals surface area contributed by atoms with E-state index >= 15 is 0 Å². The third-order valence-electron chi connectivity index (χ3n) is 6.60. The van der Waals surface area contributed by atoms with E-state index in [4.69, 9.17) is 19.3 Å². The summed E-state index contributed by atoms with van der Waals surface area (Å²) < 4.78 is 16.8. The van der Waals surface area contributed by atoms with Gasteiger partial charge in [-0.05, 0) is 85.7 Å². The van der Waals surface area contributed by atoms with Crippen LogP contribution in [0, 0.1) is 10.1 Å². The first-order valence-electron chi connectivity index (χ1n) is 14.2. The van der Waals surface area contributed by atoms with Gasteiger partial charge in [0.05, 0.1) is 23.7 Å². The number of unbranched alkanes of at least 4 members (excludes halogenated alkanes) is 5. The molecule has 42 heavy (non-hydrogen) atoms. The molecule has 0 aromatic heterocycles. The number of hydrogen-bond acceptors (Lipinski definition) is 7. The molecule has 0 amide bonds. The van der Waals surface area contributed by atoms with Gasteiger partial charge in [-0.2, -0.15) is 0 Å². The lowest BCUT2D eigenvalue weighted by atomic mass is 10.0. The van der Waals surface area contributed by atoms with Gasteiger partial charge in [-0.1, -0.05) is 51.0 Å². The number of hydrogen-bond donors (Lipinski definition) is 1. The third kappa shape index (κ3) is 10.1. The molecule has 0 aliphatic rings. The van der Waals surface area contributed by atoms with Crippen LogP contribution in [-0.4, -0.2) is 35.2 Å². The fraction of sp³-hybridized carbons (Fsp3) is 0.333. The van der Waals surface area contributed by atoms with Crippen LogP contribution in [0.5, 0.6) is 17.2 Å². The van der Waals surface area contributed by atoms with Crippen LogP contribution in [-0.2, 0) is 4.79 Å². The molecule has 1 N–H and O–H groups in total. The molecule has 0 spiro atoms. The minimum atomic E-state index is -0.975. The lowest BCUT2D eigenvalue weighted by Gasteiger charge is -2.10. The van der Waals surface area contributed by atoms with E-state index in [2.05, 4.69) is 13.5 Å². The molecule has 0 heterocycles. The number of rotatable bonds is 18. The third-order valence-corrected chi connectivity index (χ3v) is 6.60. The van der Waals surface area contributed by atoms with E-state index in [-0.39, 0.29) is 22.6 Å². The highest BCUT2D eigenvalue weighted by atomic mass is 16.6. The van der Waals surface area contributed by atoms with Crippen molar-refractivity contribution < 1.29 is 33.8 Å². The van der Waals surface area contributed by atoms with E-state index < -0.39 is 16.9 Å². The summed E-state index contributed by atoms with van der Waals surface area (Å²) in [5, 5.41) is 20.6. The number of nitrogens with zero attached hydrogens (tertiary/aromatic N) is 1. The second-order valence-corrected chi connectivity index (χ2v) is 9.85. The largest absolute Gasteiger partial charge is 0.494 e. The van der Waals surface area contributed by atoms with Gasteiger partial charge in [-0.3, -0.25) is 10.1 Å². The van der Waals surface area contributed by atoms with Gasteiger partial charge in [0.15, 0.2) is 0 Å². The van der Waals surface area contributed by atoms with E-state index in [1.54, 1.807) is 18.2 Å². The van der Waals surface area contributed by atoms with Gasteiger partial charge in [0.1, 0.15) is 11.5 Å². The number of ether oxygens (including phenoxy) is 3. The summed E-state index contributed by atoms with van der Waals surface area (Å²) in [6, 6.07) is 18.1. The SMILES string of the molecule is C=C(CCCCCOc1ccc(C(=O)Oc2ccc(-c3ccc(OCCCCCC)cc3)cc2[N+](=O)[O-])cc1)C(=O)O. The molecule has 9 nitrogen and oxygen atoms in total. The highest BCUT2D eigenvalue weighted by Gasteiger charge is 2.20. The highest BCUT2D eigenvalue weighted by molar-refractivity contribution is 5.92. The lowest BCUT2D eigenvalue weighted by Crippen LogP contribution is -2.10. The minimum absolute atomic E-state index is 0.147. The fourth-order valence-electron chi connectivity index (χ4n) is 4.15. The van der Waals surface area contributed by atoms with Crippen molar-refractivity contribution in [3.8, 4) is 28.4 Å². The Hall–Kier alpha value is -4.66. The van der Waals surface area contributed by atoms with Crippen molar-refractivity contribution in [3.05, 3.63) is 94.6 Å². The quantitative estimate of drug-likeness (QED) is 0.0404. The molecule has 0 saturated heterocycles. The van der Waals surface area contributed by atoms with E-state index in [0.29, 0.717) is 37.4 Å². The molecule has 0 saturated carbocycles. The molecular formula is C33H37NO8. The number of carboxylic acids is 1. The van der Waals surface area contributed by atoms with Crippen molar-refractivity contribution in [1.29, 1.82) is 0 Å². The normalized spacial score (nSPS) is 10.6. The number of carbonyl (C=O) groups is 2. The summed E-state index contributed by atoms with van der Waals surface area (Å²) in [4.78, 5) is 34.7. The Labute approximate surface area is 245 Å². The zero-order chi connectivity index (χ0) is 30.3. The zero-order valence-electron chi connectivity index (χ0n) is 23.9. The van der Waals surface area contributed by atoms with E-state index in [0.717, 1.165) is 37.0 Å². The van der Waals surface area contributed by atoms with E-state index in [1.165, 1.54) is 37.1 Å². The summed E-state index contributed by atoms with van der Waals surface area (Å²) in [5.74, 6) is -0.546. The molecule has 3 aromatic carbocycles. The standard InChI is InChI=1S/C33H37NO8/c1-3-4-5-8-21-40-28-16-11-25(12-17-28)27-15-20-31(30(23-27)34(38)39)42-33(37)26-13-18-29(19-14-26)41-22-9-6-7-10-24(2)32(35)36/h11-20,23H,2-10,21-22H2,1H3,(H,35,36). The van der Waals surface area contributed by atoms with Crippen molar-refractivity contribution in [2.45, 2.75) is 58.3 Å². The summed E-state index contributed by atoms with van der Waals surface area (Å²) >= 11 is 0. The van der Waals surface area contributed by atoms with Crippen LogP contribution in [0.15, 0.2) is 78.9 Å². The van der Waals surface area contributed by atoms with Crippen molar-refractivity contribution in [2.24, 2.45) is 0 Å². The van der Waals surface area contributed by atoms with Gasteiger partial charge in [0, 0.05) is 11.6 Å². The number of benzene rings is 3. The van der Waals surface area contributed by atoms with Gasteiger partial charge in [-0.25, -0.2) is 9.59 Å². The molecule has 0 radical (unpaired) electrons. The summed E-state index contributed by atoms with van der Waals surface area (Å²) in [7, 11) is 0. The number of nitro benzene ring substituents is 1. The topological polar surface area (TPSA) is 125 Å². The smallest absolute Gasteiger partial charge is 0.343 e. The molecule has 0 fully saturated rings. The predicted octanol–water partition coefficient (Wildman–Crippen LogP) is 8.02. The van der Waals surface area contributed by atoms with Crippen LogP contribution in [0.4, 0.5) is 5.69 Å².